The molecule has 3 amide bonds. The van der Waals surface area contributed by atoms with Crippen molar-refractivity contribution in [1.29, 1.82) is 5.26 Å². The fourth-order valence-corrected chi connectivity index (χ4v) is 6.95. The molecular weight excluding hydrogens is 468 g/mol. The second kappa shape index (κ2) is 10.4. The normalized spacial score (nSPS) is 22.0. The summed E-state index contributed by atoms with van der Waals surface area (Å²) in [6.45, 7) is 2.08. The SMILES string of the molecule is CN(C)CCNC(=O)N(Cc1cccs1)C(=O)[C@@H]1C[C@@H]2Cc3c(sc(N)c3C#N)C[C@H]2N(C)C1. The lowest BCUT2D eigenvalue weighted by Crippen LogP contribution is -2.55. The second-order valence-electron chi connectivity index (χ2n) is 9.50. The Morgan fingerprint density at radius 3 is 2.82 bits per heavy atom. The van der Waals surface area contributed by atoms with Crippen LogP contribution in [0, 0.1) is 23.2 Å². The summed E-state index contributed by atoms with van der Waals surface area (Å²) in [5, 5.41) is 15.0. The molecule has 4 rings (SSSR count). The van der Waals surface area contributed by atoms with Crippen LogP contribution in [-0.2, 0) is 24.2 Å². The van der Waals surface area contributed by atoms with Gasteiger partial charge in [-0.1, -0.05) is 6.07 Å². The van der Waals surface area contributed by atoms with Gasteiger partial charge in [0.2, 0.25) is 5.91 Å². The number of nitrogens with two attached hydrogens (primary N) is 1. The Hall–Kier alpha value is -2.45. The van der Waals surface area contributed by atoms with Gasteiger partial charge in [0.1, 0.15) is 11.1 Å². The molecule has 8 nitrogen and oxygen atoms in total. The summed E-state index contributed by atoms with van der Waals surface area (Å²) in [5.74, 6) is -0.146. The van der Waals surface area contributed by atoms with E-state index in [2.05, 4.69) is 23.3 Å². The number of carbonyl (C=O) groups is 2. The molecule has 0 unspecified atom stereocenters. The highest BCUT2D eigenvalue weighted by atomic mass is 32.1. The molecule has 0 bridgehead atoms. The number of rotatable bonds is 6. The minimum absolute atomic E-state index is 0.128. The molecule has 10 heteroatoms. The van der Waals surface area contributed by atoms with Gasteiger partial charge >= 0.3 is 6.03 Å². The fraction of sp³-hybridized carbons (Fsp3) is 0.542. The van der Waals surface area contributed by atoms with Crippen LogP contribution < -0.4 is 11.1 Å². The molecule has 0 saturated carbocycles. The number of piperidine rings is 1. The highest BCUT2D eigenvalue weighted by molar-refractivity contribution is 7.16. The van der Waals surface area contributed by atoms with Gasteiger partial charge in [0.25, 0.3) is 0 Å². The van der Waals surface area contributed by atoms with E-state index in [1.807, 2.05) is 36.5 Å². The Morgan fingerprint density at radius 1 is 1.35 bits per heavy atom. The van der Waals surface area contributed by atoms with Crippen LogP contribution in [0.2, 0.25) is 0 Å². The van der Waals surface area contributed by atoms with E-state index in [0.29, 0.717) is 42.7 Å². The van der Waals surface area contributed by atoms with Gasteiger partial charge in [-0.2, -0.15) is 5.26 Å². The standard InChI is InChI=1S/C24H32N6O2S2/c1-28(2)7-6-27-24(32)30(14-17-5-4-8-33-17)23(31)16-9-15-10-18-19(12-25)22(26)34-21(18)11-20(15)29(3)13-16/h4-5,8,15-16,20H,6-7,9-11,13-14,26H2,1-3H3,(H,27,32)/t15-,16-,20-/m1/s1. The molecule has 3 atom stereocenters. The Kier molecular flexibility index (Phi) is 7.57. The van der Waals surface area contributed by atoms with Gasteiger partial charge in [0, 0.05) is 35.4 Å². The summed E-state index contributed by atoms with van der Waals surface area (Å²) in [4.78, 5) is 34.6. The third-order valence-corrected chi connectivity index (χ3v) is 8.83. The zero-order valence-electron chi connectivity index (χ0n) is 19.9. The van der Waals surface area contributed by atoms with Crippen LogP contribution in [0.3, 0.4) is 0 Å². The third-order valence-electron chi connectivity index (χ3n) is 6.89. The zero-order chi connectivity index (χ0) is 24.4. The van der Waals surface area contributed by atoms with Gasteiger partial charge in [0.15, 0.2) is 0 Å². The Morgan fingerprint density at radius 2 is 2.15 bits per heavy atom. The zero-order valence-corrected chi connectivity index (χ0v) is 21.5. The molecule has 2 aromatic rings. The number of fused-ring (bicyclic) bond motifs is 2. The van der Waals surface area contributed by atoms with Gasteiger partial charge in [-0.05, 0) is 63.3 Å². The van der Waals surface area contributed by atoms with Crippen molar-refractivity contribution in [3.8, 4) is 6.07 Å². The molecule has 3 heterocycles. The molecule has 0 aromatic carbocycles. The van der Waals surface area contributed by atoms with Crippen molar-refractivity contribution in [2.24, 2.45) is 11.8 Å². The molecule has 1 aliphatic carbocycles. The summed E-state index contributed by atoms with van der Waals surface area (Å²) in [7, 11) is 5.96. The smallest absolute Gasteiger partial charge is 0.324 e. The van der Waals surface area contributed by atoms with E-state index in [-0.39, 0.29) is 30.3 Å². The first-order valence-corrected chi connectivity index (χ1v) is 13.2. The van der Waals surface area contributed by atoms with Gasteiger partial charge < -0.3 is 20.9 Å². The molecule has 0 spiro atoms. The number of nitrogens with zero attached hydrogens (tertiary/aromatic N) is 4. The summed E-state index contributed by atoms with van der Waals surface area (Å²) in [6.07, 6.45) is 2.32. The third kappa shape index (κ3) is 5.13. The minimum Gasteiger partial charge on any atom is -0.389 e. The van der Waals surface area contributed by atoms with Crippen molar-refractivity contribution in [3.63, 3.8) is 0 Å². The number of likely N-dealkylation sites (N-methyl/N-ethyl adjacent to an activating group) is 2. The van der Waals surface area contributed by atoms with E-state index in [1.54, 1.807) is 11.3 Å². The lowest BCUT2D eigenvalue weighted by molar-refractivity contribution is -0.136. The molecule has 2 aliphatic rings. The molecule has 2 aromatic heterocycles. The summed E-state index contributed by atoms with van der Waals surface area (Å²) >= 11 is 3.07. The van der Waals surface area contributed by atoms with Crippen LogP contribution in [0.25, 0.3) is 0 Å². The first kappa shape index (κ1) is 24.7. The number of nitrogen functional groups attached to an aromatic ring is 1. The number of hydrogen-bond acceptors (Lipinski definition) is 8. The first-order valence-electron chi connectivity index (χ1n) is 11.5. The summed E-state index contributed by atoms with van der Waals surface area (Å²) in [6, 6.07) is 6.14. The number of likely N-dealkylation sites (tertiary alicyclic amines) is 1. The van der Waals surface area contributed by atoms with E-state index < -0.39 is 0 Å². The molecule has 182 valence electrons. The average molecular weight is 501 g/mol. The van der Waals surface area contributed by atoms with Gasteiger partial charge in [0.05, 0.1) is 18.0 Å². The quantitative estimate of drug-likeness (QED) is 0.632. The summed E-state index contributed by atoms with van der Waals surface area (Å²) in [5.41, 5.74) is 7.77. The Balaban J connectivity index is 1.51. The summed E-state index contributed by atoms with van der Waals surface area (Å²) < 4.78 is 0. The molecule has 3 N–H and O–H groups in total. The lowest BCUT2D eigenvalue weighted by Gasteiger charge is -2.45. The topological polar surface area (TPSA) is 106 Å². The second-order valence-corrected chi connectivity index (χ2v) is 11.7. The molecule has 34 heavy (non-hydrogen) atoms. The first-order chi connectivity index (χ1) is 16.3. The highest BCUT2D eigenvalue weighted by Crippen LogP contribution is 2.43. The lowest BCUT2D eigenvalue weighted by atomic mass is 9.74. The van der Waals surface area contributed by atoms with Crippen molar-refractivity contribution < 1.29 is 9.59 Å². The van der Waals surface area contributed by atoms with Crippen LogP contribution in [0.15, 0.2) is 17.5 Å². The van der Waals surface area contributed by atoms with Crippen LogP contribution in [0.5, 0.6) is 0 Å². The molecule has 1 saturated heterocycles. The van der Waals surface area contributed by atoms with E-state index in [0.717, 1.165) is 23.3 Å². The predicted octanol–water partition coefficient (Wildman–Crippen LogP) is 2.60. The van der Waals surface area contributed by atoms with Crippen LogP contribution in [0.1, 0.15) is 27.3 Å². The largest absolute Gasteiger partial charge is 0.389 e. The molecule has 0 radical (unpaired) electrons. The van der Waals surface area contributed by atoms with Crippen molar-refractivity contribution in [2.45, 2.75) is 31.8 Å². The van der Waals surface area contributed by atoms with Gasteiger partial charge in [-0.15, -0.1) is 22.7 Å². The Bertz CT molecular complexity index is 1070. The van der Waals surface area contributed by atoms with Crippen molar-refractivity contribution >= 4 is 39.6 Å². The molecule has 1 aliphatic heterocycles. The number of anilines is 1. The fourth-order valence-electron chi connectivity index (χ4n) is 5.16. The number of nitrogens with one attached hydrogen (secondary N) is 1. The van der Waals surface area contributed by atoms with Crippen molar-refractivity contribution in [2.75, 3.05) is 46.5 Å². The number of imide groups is 1. The number of urea groups is 1. The van der Waals surface area contributed by atoms with E-state index in [4.69, 9.17) is 5.73 Å². The number of carbonyl (C=O) groups excluding carboxylic acids is 2. The van der Waals surface area contributed by atoms with E-state index >= 15 is 0 Å². The van der Waals surface area contributed by atoms with Crippen LogP contribution >= 0.6 is 22.7 Å². The van der Waals surface area contributed by atoms with E-state index in [9.17, 15) is 14.9 Å². The minimum atomic E-state index is -0.340. The van der Waals surface area contributed by atoms with Gasteiger partial charge in [-0.3, -0.25) is 9.69 Å². The Labute approximate surface area is 208 Å². The molecular formula is C24H32N6O2S2. The predicted molar refractivity (Wildman–Crippen MR) is 136 cm³/mol. The number of nitriles is 1. The monoisotopic (exact) mass is 500 g/mol. The maximum absolute atomic E-state index is 13.7. The van der Waals surface area contributed by atoms with Gasteiger partial charge in [-0.25, -0.2) is 4.79 Å². The van der Waals surface area contributed by atoms with Crippen LogP contribution in [-0.4, -0.2) is 73.5 Å². The number of thiophene rings is 2. The highest BCUT2D eigenvalue weighted by Gasteiger charge is 2.43. The average Bonchev–Trinajstić information content (AvgIpc) is 3.41. The van der Waals surface area contributed by atoms with Crippen molar-refractivity contribution in [1.82, 2.24) is 20.0 Å². The number of amides is 3. The maximum Gasteiger partial charge on any atom is 0.324 e. The maximum atomic E-state index is 13.7. The molecule has 1 fully saturated rings. The van der Waals surface area contributed by atoms with E-state index in [1.165, 1.54) is 21.1 Å². The van der Waals surface area contributed by atoms with Crippen LogP contribution in [0.4, 0.5) is 9.80 Å². The van der Waals surface area contributed by atoms with Crippen molar-refractivity contribution in [3.05, 3.63) is 38.4 Å². The number of hydrogen-bond donors (Lipinski definition) is 2.